The number of aromatic nitrogens is 2. The summed E-state index contributed by atoms with van der Waals surface area (Å²) in [5, 5.41) is 0. The molecule has 3 rings (SSSR count). The van der Waals surface area contributed by atoms with Gasteiger partial charge in [-0.2, -0.15) is 13.2 Å². The summed E-state index contributed by atoms with van der Waals surface area (Å²) >= 11 is 0. The monoisotopic (exact) mass is 281 g/mol. The molecule has 0 fully saturated rings. The van der Waals surface area contributed by atoms with Gasteiger partial charge in [0.1, 0.15) is 11.3 Å². The van der Waals surface area contributed by atoms with Crippen molar-refractivity contribution in [1.29, 1.82) is 0 Å². The van der Waals surface area contributed by atoms with Crippen LogP contribution in [0.5, 0.6) is 0 Å². The van der Waals surface area contributed by atoms with E-state index in [9.17, 15) is 13.2 Å². The predicted molar refractivity (Wildman–Crippen MR) is 65.8 cm³/mol. The second-order valence-corrected chi connectivity index (χ2v) is 4.23. The van der Waals surface area contributed by atoms with Crippen molar-refractivity contribution in [2.24, 2.45) is 5.73 Å². The third-order valence-electron chi connectivity index (χ3n) is 2.99. The Morgan fingerprint density at radius 3 is 2.65 bits per heavy atom. The van der Waals surface area contributed by atoms with Crippen LogP contribution >= 0.6 is 0 Å². The lowest BCUT2D eigenvalue weighted by Crippen LogP contribution is -2.08. The van der Waals surface area contributed by atoms with Crippen LogP contribution in [0.3, 0.4) is 0 Å². The lowest BCUT2D eigenvalue weighted by Gasteiger charge is -2.07. The zero-order chi connectivity index (χ0) is 14.3. The first-order valence-electron chi connectivity index (χ1n) is 5.83. The largest absolute Gasteiger partial charge is 0.463 e. The second kappa shape index (κ2) is 4.38. The minimum absolute atomic E-state index is 0.0541. The summed E-state index contributed by atoms with van der Waals surface area (Å²) in [5.74, 6) is 0.475. The van der Waals surface area contributed by atoms with Crippen LogP contribution in [-0.4, -0.2) is 9.38 Å². The zero-order valence-electron chi connectivity index (χ0n) is 10.2. The van der Waals surface area contributed by atoms with E-state index < -0.39 is 11.7 Å². The maximum atomic E-state index is 12.7. The number of nitrogens with two attached hydrogens (primary N) is 1. The lowest BCUT2D eigenvalue weighted by atomic mass is 10.2. The van der Waals surface area contributed by atoms with Crippen LogP contribution in [0.4, 0.5) is 13.2 Å². The van der Waals surface area contributed by atoms with E-state index in [4.69, 9.17) is 10.2 Å². The minimum atomic E-state index is -4.41. The Bertz CT molecular complexity index is 744. The van der Waals surface area contributed by atoms with Gasteiger partial charge < -0.3 is 14.6 Å². The highest BCUT2D eigenvalue weighted by Crippen LogP contribution is 2.31. The van der Waals surface area contributed by atoms with Crippen molar-refractivity contribution in [2.45, 2.75) is 12.7 Å². The highest BCUT2D eigenvalue weighted by atomic mass is 19.4. The highest BCUT2D eigenvalue weighted by molar-refractivity contribution is 5.62. The molecule has 0 amide bonds. The Morgan fingerprint density at radius 2 is 2.05 bits per heavy atom. The van der Waals surface area contributed by atoms with Crippen molar-refractivity contribution >= 4 is 5.65 Å². The molecule has 3 aromatic rings. The molecule has 2 N–H and O–H groups in total. The van der Waals surface area contributed by atoms with Gasteiger partial charge in [0, 0.05) is 12.7 Å². The van der Waals surface area contributed by atoms with E-state index >= 15 is 0 Å². The molecule has 20 heavy (non-hydrogen) atoms. The van der Waals surface area contributed by atoms with Gasteiger partial charge in [-0.15, -0.1) is 0 Å². The van der Waals surface area contributed by atoms with Crippen molar-refractivity contribution in [1.82, 2.24) is 9.38 Å². The summed E-state index contributed by atoms with van der Waals surface area (Å²) in [6, 6.07) is 5.68. The first-order chi connectivity index (χ1) is 9.50. The second-order valence-electron chi connectivity index (χ2n) is 4.23. The molecular formula is C13H10F3N3O. The molecule has 0 bridgehead atoms. The molecular weight excluding hydrogens is 271 g/mol. The van der Waals surface area contributed by atoms with E-state index in [0.717, 1.165) is 12.3 Å². The van der Waals surface area contributed by atoms with Crippen LogP contribution in [0.2, 0.25) is 0 Å². The van der Waals surface area contributed by atoms with Gasteiger partial charge in [-0.25, -0.2) is 4.98 Å². The maximum absolute atomic E-state index is 12.7. The number of nitrogens with zero attached hydrogens (tertiary/aromatic N) is 2. The number of imidazole rings is 1. The number of hydrogen-bond acceptors (Lipinski definition) is 3. The van der Waals surface area contributed by atoms with Gasteiger partial charge in [-0.1, -0.05) is 0 Å². The number of pyridine rings is 1. The van der Waals surface area contributed by atoms with Crippen LogP contribution in [0.25, 0.3) is 17.1 Å². The molecule has 7 heteroatoms. The van der Waals surface area contributed by atoms with Gasteiger partial charge in [0.25, 0.3) is 0 Å². The van der Waals surface area contributed by atoms with Crippen LogP contribution in [-0.2, 0) is 12.7 Å². The normalized spacial score (nSPS) is 12.2. The fourth-order valence-corrected chi connectivity index (χ4v) is 2.07. The van der Waals surface area contributed by atoms with E-state index in [2.05, 4.69) is 4.98 Å². The molecule has 0 atom stereocenters. The van der Waals surface area contributed by atoms with Crippen molar-refractivity contribution < 1.29 is 17.6 Å². The molecule has 0 unspecified atom stereocenters. The van der Waals surface area contributed by atoms with Gasteiger partial charge in [0.05, 0.1) is 17.5 Å². The van der Waals surface area contributed by atoms with Crippen LogP contribution < -0.4 is 5.73 Å². The Morgan fingerprint density at radius 1 is 1.25 bits per heavy atom. The summed E-state index contributed by atoms with van der Waals surface area (Å²) in [6.07, 6.45) is -1.94. The van der Waals surface area contributed by atoms with Gasteiger partial charge in [-0.05, 0) is 24.3 Å². The summed E-state index contributed by atoms with van der Waals surface area (Å²) < 4.78 is 44.8. The Balaban J connectivity index is 2.25. The standard InChI is InChI=1S/C13H10F3N3O/c14-13(15,16)8-3-4-11-18-12(10-2-1-5-20-10)9(6-17)19(11)7-8/h1-5,7H,6,17H2. The van der Waals surface area contributed by atoms with E-state index in [1.54, 1.807) is 12.1 Å². The summed E-state index contributed by atoms with van der Waals surface area (Å²) in [7, 11) is 0. The zero-order valence-corrected chi connectivity index (χ0v) is 10.2. The van der Waals surface area contributed by atoms with Crippen LogP contribution in [0.1, 0.15) is 11.3 Å². The van der Waals surface area contributed by atoms with Gasteiger partial charge in [0.2, 0.25) is 0 Å². The van der Waals surface area contributed by atoms with Crippen molar-refractivity contribution in [3.05, 3.63) is 48.0 Å². The van der Waals surface area contributed by atoms with E-state index in [1.165, 1.54) is 16.7 Å². The average molecular weight is 281 g/mol. The minimum Gasteiger partial charge on any atom is -0.463 e. The topological polar surface area (TPSA) is 56.5 Å². The number of alkyl halides is 3. The van der Waals surface area contributed by atoms with E-state index in [1.807, 2.05) is 0 Å². The fraction of sp³-hybridized carbons (Fsp3) is 0.154. The molecule has 0 radical (unpaired) electrons. The lowest BCUT2D eigenvalue weighted by molar-refractivity contribution is -0.137. The molecule has 3 aromatic heterocycles. The Kier molecular flexibility index (Phi) is 2.79. The molecule has 4 nitrogen and oxygen atoms in total. The van der Waals surface area contributed by atoms with E-state index in [-0.39, 0.29) is 6.54 Å². The smallest absolute Gasteiger partial charge is 0.417 e. The third-order valence-corrected chi connectivity index (χ3v) is 2.99. The maximum Gasteiger partial charge on any atom is 0.417 e. The molecule has 0 aromatic carbocycles. The predicted octanol–water partition coefficient (Wildman–Crippen LogP) is 3.07. The number of furan rings is 1. The third kappa shape index (κ3) is 1.96. The highest BCUT2D eigenvalue weighted by Gasteiger charge is 2.31. The molecule has 0 saturated heterocycles. The first-order valence-corrected chi connectivity index (χ1v) is 5.83. The number of rotatable bonds is 2. The Labute approximate surface area is 111 Å². The summed E-state index contributed by atoms with van der Waals surface area (Å²) in [6.45, 7) is 0.0541. The number of fused-ring (bicyclic) bond motifs is 1. The first kappa shape index (κ1) is 12.7. The Hall–Kier alpha value is -2.28. The van der Waals surface area contributed by atoms with Crippen molar-refractivity contribution in [3.8, 4) is 11.5 Å². The quantitative estimate of drug-likeness (QED) is 0.785. The van der Waals surface area contributed by atoms with Gasteiger partial charge in [0.15, 0.2) is 5.76 Å². The fourth-order valence-electron chi connectivity index (χ4n) is 2.07. The number of hydrogen-bond donors (Lipinski definition) is 1. The average Bonchev–Trinajstić information content (AvgIpc) is 3.03. The molecule has 0 spiro atoms. The van der Waals surface area contributed by atoms with Gasteiger partial charge in [-0.3, -0.25) is 0 Å². The van der Waals surface area contributed by atoms with Crippen molar-refractivity contribution in [3.63, 3.8) is 0 Å². The van der Waals surface area contributed by atoms with Gasteiger partial charge >= 0.3 is 6.18 Å². The van der Waals surface area contributed by atoms with Crippen LogP contribution in [0, 0.1) is 0 Å². The summed E-state index contributed by atoms with van der Waals surface area (Å²) in [5.41, 5.74) is 6.22. The van der Waals surface area contributed by atoms with Crippen LogP contribution in [0.15, 0.2) is 41.1 Å². The molecule has 3 heterocycles. The SMILES string of the molecule is NCc1c(-c2ccco2)nc2ccc(C(F)(F)F)cn12. The van der Waals surface area contributed by atoms with Crippen molar-refractivity contribution in [2.75, 3.05) is 0 Å². The summed E-state index contributed by atoms with van der Waals surface area (Å²) in [4.78, 5) is 4.27. The van der Waals surface area contributed by atoms with E-state index in [0.29, 0.717) is 22.8 Å². The molecule has 0 aliphatic carbocycles. The molecule has 104 valence electrons. The molecule has 0 aliphatic rings. The molecule has 0 saturated carbocycles. The molecule has 0 aliphatic heterocycles. The number of halogens is 3.